The second-order valence-corrected chi connectivity index (χ2v) is 10.6. The van der Waals surface area contributed by atoms with Crippen molar-refractivity contribution in [2.75, 3.05) is 6.54 Å². The lowest BCUT2D eigenvalue weighted by Crippen LogP contribution is -2.46. The van der Waals surface area contributed by atoms with E-state index in [2.05, 4.69) is 39.2 Å². The molecule has 0 heterocycles. The van der Waals surface area contributed by atoms with E-state index >= 15 is 0 Å². The summed E-state index contributed by atoms with van der Waals surface area (Å²) in [5.74, 6) is 0.0886. The molecule has 0 aromatic carbocycles. The molecule has 0 aliphatic carbocycles. The molecule has 0 bridgehead atoms. The molecule has 0 aliphatic heterocycles. The van der Waals surface area contributed by atoms with Crippen molar-refractivity contribution in [3.8, 4) is 0 Å². The van der Waals surface area contributed by atoms with E-state index in [0.717, 1.165) is 0 Å². The van der Waals surface area contributed by atoms with Gasteiger partial charge in [-0.2, -0.15) is 0 Å². The Balaban J connectivity index is 4.14. The fraction of sp³-hybridized carbons (Fsp3) is 0.917. The molecule has 96 valence electrons. The number of hydrogen-bond acceptors (Lipinski definition) is 2. The van der Waals surface area contributed by atoms with Crippen LogP contribution in [0.5, 0.6) is 0 Å². The van der Waals surface area contributed by atoms with Crippen LogP contribution in [0.25, 0.3) is 0 Å². The highest BCUT2D eigenvalue weighted by atomic mass is 28.4. The van der Waals surface area contributed by atoms with Gasteiger partial charge in [0.15, 0.2) is 8.32 Å². The molecule has 0 fully saturated rings. The third-order valence-electron chi connectivity index (χ3n) is 3.21. The van der Waals surface area contributed by atoms with E-state index in [4.69, 9.17) is 4.43 Å². The summed E-state index contributed by atoms with van der Waals surface area (Å²) in [5.41, 5.74) is 0. The Morgan fingerprint density at radius 3 is 2.25 bits per heavy atom. The van der Waals surface area contributed by atoms with Crippen LogP contribution in [0.3, 0.4) is 0 Å². The number of rotatable bonds is 5. The van der Waals surface area contributed by atoms with Gasteiger partial charge in [-0.15, -0.1) is 0 Å². The minimum Gasteiger partial charge on any atom is -0.412 e. The van der Waals surface area contributed by atoms with Crippen molar-refractivity contribution < 1.29 is 9.22 Å². The van der Waals surface area contributed by atoms with Crippen molar-refractivity contribution in [1.29, 1.82) is 0 Å². The maximum atomic E-state index is 11.1. The highest BCUT2D eigenvalue weighted by molar-refractivity contribution is 6.74. The molecule has 0 saturated heterocycles. The Hall–Kier alpha value is -0.353. The zero-order valence-corrected chi connectivity index (χ0v) is 12.8. The fourth-order valence-corrected chi connectivity index (χ4v) is 2.55. The molecular weight excluding hydrogens is 218 g/mol. The summed E-state index contributed by atoms with van der Waals surface area (Å²) in [6, 6.07) is 0. The molecule has 0 aliphatic rings. The number of nitrogens with one attached hydrogen (secondary N) is 1. The monoisotopic (exact) mass is 245 g/mol. The molecule has 1 atom stereocenters. The van der Waals surface area contributed by atoms with Crippen LogP contribution in [0.2, 0.25) is 18.1 Å². The number of amides is 1. The third kappa shape index (κ3) is 5.12. The van der Waals surface area contributed by atoms with E-state index in [1.54, 1.807) is 0 Å². The molecule has 0 radical (unpaired) electrons. The second kappa shape index (κ2) is 5.82. The molecule has 16 heavy (non-hydrogen) atoms. The summed E-state index contributed by atoms with van der Waals surface area (Å²) in [7, 11) is -1.70. The summed E-state index contributed by atoms with van der Waals surface area (Å²) in [6.45, 7) is 15.6. The maximum absolute atomic E-state index is 11.1. The molecule has 4 heteroatoms. The van der Waals surface area contributed by atoms with E-state index in [9.17, 15) is 4.79 Å². The van der Waals surface area contributed by atoms with Crippen LogP contribution in [0.15, 0.2) is 0 Å². The maximum Gasteiger partial charge on any atom is 0.219 e. The second-order valence-electron chi connectivity index (χ2n) is 5.85. The molecule has 1 amide bonds. The fourth-order valence-electron chi connectivity index (χ4n) is 1.10. The normalized spacial score (nSPS) is 14.7. The lowest BCUT2D eigenvalue weighted by atomic mass is 10.2. The van der Waals surface area contributed by atoms with E-state index in [1.165, 1.54) is 0 Å². The van der Waals surface area contributed by atoms with Gasteiger partial charge in [0.1, 0.15) is 0 Å². The average molecular weight is 245 g/mol. The lowest BCUT2D eigenvalue weighted by molar-refractivity contribution is -0.121. The summed E-state index contributed by atoms with van der Waals surface area (Å²) in [6.07, 6.45) is 0.628. The van der Waals surface area contributed by atoms with E-state index in [1.807, 2.05) is 13.8 Å². The number of carbonyl (C=O) groups excluding carboxylic acids is 1. The Kier molecular flexibility index (Phi) is 5.69. The molecular formula is C12H27NO2Si. The van der Waals surface area contributed by atoms with Crippen molar-refractivity contribution in [3.05, 3.63) is 0 Å². The van der Waals surface area contributed by atoms with Crippen molar-refractivity contribution in [3.63, 3.8) is 0 Å². The number of hydrogen-bond donors (Lipinski definition) is 1. The molecule has 0 saturated carbocycles. The van der Waals surface area contributed by atoms with Crippen LogP contribution >= 0.6 is 0 Å². The highest BCUT2D eigenvalue weighted by Crippen LogP contribution is 2.37. The van der Waals surface area contributed by atoms with E-state index in [0.29, 0.717) is 13.0 Å². The Morgan fingerprint density at radius 1 is 1.38 bits per heavy atom. The summed E-state index contributed by atoms with van der Waals surface area (Å²) < 4.78 is 6.12. The van der Waals surface area contributed by atoms with E-state index < -0.39 is 8.32 Å². The van der Waals surface area contributed by atoms with Gasteiger partial charge in [-0.3, -0.25) is 4.79 Å². The van der Waals surface area contributed by atoms with Gasteiger partial charge in [-0.1, -0.05) is 27.7 Å². The first kappa shape index (κ1) is 15.6. The van der Waals surface area contributed by atoms with Gasteiger partial charge in [0.2, 0.25) is 5.91 Å². The quantitative estimate of drug-likeness (QED) is 0.756. The van der Waals surface area contributed by atoms with Crippen LogP contribution in [0, 0.1) is 0 Å². The standard InChI is InChI=1S/C12H27NO2Si/c1-8-11(14)13-9-10(2)15-16(6,7)12(3,4)5/h10H,8-9H2,1-7H3,(H,13,14). The SMILES string of the molecule is CCC(=O)NCC(C)O[Si](C)(C)C(C)(C)C. The first-order valence-corrected chi connectivity index (χ1v) is 8.95. The van der Waals surface area contributed by atoms with Gasteiger partial charge in [0, 0.05) is 13.0 Å². The number of carbonyl (C=O) groups is 1. The Bertz CT molecular complexity index is 234. The molecule has 0 aromatic heterocycles. The van der Waals surface area contributed by atoms with Gasteiger partial charge in [-0.25, -0.2) is 0 Å². The minimum atomic E-state index is -1.70. The van der Waals surface area contributed by atoms with Gasteiger partial charge < -0.3 is 9.74 Å². The van der Waals surface area contributed by atoms with Crippen LogP contribution in [0.4, 0.5) is 0 Å². The van der Waals surface area contributed by atoms with Crippen LogP contribution in [-0.4, -0.2) is 26.9 Å². The molecule has 3 nitrogen and oxygen atoms in total. The van der Waals surface area contributed by atoms with Gasteiger partial charge >= 0.3 is 0 Å². The van der Waals surface area contributed by atoms with Gasteiger partial charge in [0.25, 0.3) is 0 Å². The average Bonchev–Trinajstić information content (AvgIpc) is 2.11. The van der Waals surface area contributed by atoms with Crippen molar-refractivity contribution in [2.24, 2.45) is 0 Å². The first-order chi connectivity index (χ1) is 7.10. The lowest BCUT2D eigenvalue weighted by Gasteiger charge is -2.38. The van der Waals surface area contributed by atoms with Gasteiger partial charge in [0.05, 0.1) is 6.10 Å². The zero-order chi connectivity index (χ0) is 13.0. The van der Waals surface area contributed by atoms with Crippen molar-refractivity contribution >= 4 is 14.2 Å². The van der Waals surface area contributed by atoms with Gasteiger partial charge in [-0.05, 0) is 25.1 Å². The predicted molar refractivity (Wildman–Crippen MR) is 71.0 cm³/mol. The highest BCUT2D eigenvalue weighted by Gasteiger charge is 2.38. The summed E-state index contributed by atoms with van der Waals surface area (Å²) >= 11 is 0. The molecule has 0 aromatic rings. The smallest absolute Gasteiger partial charge is 0.219 e. The summed E-state index contributed by atoms with van der Waals surface area (Å²) in [4.78, 5) is 11.1. The zero-order valence-electron chi connectivity index (χ0n) is 11.8. The van der Waals surface area contributed by atoms with Crippen LogP contribution < -0.4 is 5.32 Å². The predicted octanol–water partition coefficient (Wildman–Crippen LogP) is 2.92. The first-order valence-electron chi connectivity index (χ1n) is 6.04. The molecule has 1 N–H and O–H groups in total. The largest absolute Gasteiger partial charge is 0.412 e. The third-order valence-corrected chi connectivity index (χ3v) is 7.81. The van der Waals surface area contributed by atoms with Crippen LogP contribution in [-0.2, 0) is 9.22 Å². The van der Waals surface area contributed by atoms with Crippen molar-refractivity contribution in [1.82, 2.24) is 5.32 Å². The van der Waals surface area contributed by atoms with Crippen molar-refractivity contribution in [2.45, 2.75) is 65.3 Å². The Morgan fingerprint density at radius 2 is 1.88 bits per heavy atom. The van der Waals surface area contributed by atoms with Crippen LogP contribution in [0.1, 0.15) is 41.0 Å². The minimum absolute atomic E-state index is 0.0886. The summed E-state index contributed by atoms with van der Waals surface area (Å²) in [5, 5.41) is 3.08. The molecule has 0 spiro atoms. The Labute approximate surface area is 101 Å². The molecule has 1 unspecified atom stereocenters. The van der Waals surface area contributed by atoms with E-state index in [-0.39, 0.29) is 17.0 Å². The molecule has 0 rings (SSSR count). The topological polar surface area (TPSA) is 38.3 Å².